The summed E-state index contributed by atoms with van der Waals surface area (Å²) in [5.41, 5.74) is 1.17. The highest BCUT2D eigenvalue weighted by atomic mass is 32.2. The van der Waals surface area contributed by atoms with Crippen LogP contribution in [0.1, 0.15) is 12.5 Å². The molecule has 16 heavy (non-hydrogen) atoms. The van der Waals surface area contributed by atoms with Gasteiger partial charge in [0, 0.05) is 11.4 Å². The van der Waals surface area contributed by atoms with Gasteiger partial charge in [-0.2, -0.15) is 0 Å². The number of carboxylic acids is 1. The first kappa shape index (κ1) is 13.1. The van der Waals surface area contributed by atoms with Crippen molar-refractivity contribution >= 4 is 17.7 Å². The van der Waals surface area contributed by atoms with Gasteiger partial charge in [-0.1, -0.05) is 18.2 Å². The molecule has 0 aromatic heterocycles. The Morgan fingerprint density at radius 2 is 2.12 bits per heavy atom. The molecule has 3 nitrogen and oxygen atoms in total. The maximum absolute atomic E-state index is 10.8. The summed E-state index contributed by atoms with van der Waals surface area (Å²) < 4.78 is 0. The van der Waals surface area contributed by atoms with Crippen LogP contribution in [0.3, 0.4) is 0 Å². The Morgan fingerprint density at radius 1 is 1.50 bits per heavy atom. The summed E-state index contributed by atoms with van der Waals surface area (Å²) in [6.45, 7) is 2.36. The van der Waals surface area contributed by atoms with E-state index in [1.165, 1.54) is 10.5 Å². The first-order chi connectivity index (χ1) is 7.56. The van der Waals surface area contributed by atoms with Gasteiger partial charge in [-0.15, -0.1) is 11.8 Å². The predicted molar refractivity (Wildman–Crippen MR) is 66.8 cm³/mol. The summed E-state index contributed by atoms with van der Waals surface area (Å²) in [5.74, 6) is -0.788. The summed E-state index contributed by atoms with van der Waals surface area (Å²) in [6, 6.07) is 7.61. The molecule has 0 saturated heterocycles. The highest BCUT2D eigenvalue weighted by molar-refractivity contribution is 7.98. The zero-order valence-corrected chi connectivity index (χ0v) is 10.6. The van der Waals surface area contributed by atoms with Crippen molar-refractivity contribution in [3.8, 4) is 0 Å². The molecule has 0 bridgehead atoms. The summed E-state index contributed by atoms with van der Waals surface area (Å²) >= 11 is 1.68. The van der Waals surface area contributed by atoms with Gasteiger partial charge in [0.05, 0.1) is 0 Å². The number of nitrogens with zero attached hydrogens (tertiary/aromatic N) is 1. The monoisotopic (exact) mass is 239 g/mol. The van der Waals surface area contributed by atoms with E-state index in [0.29, 0.717) is 6.54 Å². The van der Waals surface area contributed by atoms with Gasteiger partial charge in [0.2, 0.25) is 0 Å². The quantitative estimate of drug-likeness (QED) is 0.801. The second-order valence-corrected chi connectivity index (χ2v) is 4.59. The van der Waals surface area contributed by atoms with E-state index in [1.807, 2.05) is 36.4 Å². The Balaban J connectivity index is 2.76. The normalized spacial score (nSPS) is 12.8. The van der Waals surface area contributed by atoms with Crippen molar-refractivity contribution in [2.75, 3.05) is 13.3 Å². The minimum Gasteiger partial charge on any atom is -0.480 e. The van der Waals surface area contributed by atoms with Crippen molar-refractivity contribution in [1.29, 1.82) is 0 Å². The second kappa shape index (κ2) is 5.92. The minimum atomic E-state index is -0.788. The van der Waals surface area contributed by atoms with E-state index in [1.54, 1.807) is 18.7 Å². The zero-order chi connectivity index (χ0) is 12.1. The summed E-state index contributed by atoms with van der Waals surface area (Å²) in [4.78, 5) is 13.9. The standard InChI is InChI=1S/C12H17NO2S/c1-9(12(14)15)13(2)8-10-6-4-5-7-11(10)16-3/h4-7,9H,8H2,1-3H3,(H,14,15). The lowest BCUT2D eigenvalue weighted by molar-refractivity contribution is -0.142. The topological polar surface area (TPSA) is 40.5 Å². The Kier molecular flexibility index (Phi) is 4.83. The van der Waals surface area contributed by atoms with Crippen LogP contribution in [0.2, 0.25) is 0 Å². The number of rotatable bonds is 5. The molecule has 0 aliphatic heterocycles. The molecule has 0 aliphatic rings. The Bertz CT molecular complexity index is 368. The van der Waals surface area contributed by atoms with Crippen LogP contribution in [0.25, 0.3) is 0 Å². The second-order valence-electron chi connectivity index (χ2n) is 3.74. The van der Waals surface area contributed by atoms with Crippen LogP contribution < -0.4 is 0 Å². The van der Waals surface area contributed by atoms with Crippen molar-refractivity contribution in [2.24, 2.45) is 0 Å². The minimum absolute atomic E-state index is 0.463. The van der Waals surface area contributed by atoms with Gasteiger partial charge in [0.15, 0.2) is 0 Å². The van der Waals surface area contributed by atoms with Gasteiger partial charge in [-0.05, 0) is 31.9 Å². The first-order valence-corrected chi connectivity index (χ1v) is 6.33. The van der Waals surface area contributed by atoms with E-state index < -0.39 is 12.0 Å². The highest BCUT2D eigenvalue weighted by Gasteiger charge is 2.17. The molecule has 1 atom stereocenters. The molecule has 1 N–H and O–H groups in total. The number of hydrogen-bond donors (Lipinski definition) is 1. The van der Waals surface area contributed by atoms with Crippen molar-refractivity contribution in [3.05, 3.63) is 29.8 Å². The van der Waals surface area contributed by atoms with Crippen LogP contribution in [-0.4, -0.2) is 35.3 Å². The van der Waals surface area contributed by atoms with E-state index in [0.717, 1.165) is 0 Å². The van der Waals surface area contributed by atoms with Crippen molar-refractivity contribution in [3.63, 3.8) is 0 Å². The van der Waals surface area contributed by atoms with Gasteiger partial charge in [0.25, 0.3) is 0 Å². The third-order valence-corrected chi connectivity index (χ3v) is 3.47. The molecule has 0 amide bonds. The molecule has 4 heteroatoms. The molecule has 0 fully saturated rings. The summed E-state index contributed by atoms with van der Waals surface area (Å²) in [5, 5.41) is 8.91. The van der Waals surface area contributed by atoms with E-state index in [9.17, 15) is 4.79 Å². The fourth-order valence-corrected chi connectivity index (χ4v) is 2.04. The van der Waals surface area contributed by atoms with Crippen molar-refractivity contribution in [1.82, 2.24) is 4.90 Å². The molecule has 0 radical (unpaired) electrons. The van der Waals surface area contributed by atoms with Gasteiger partial charge in [-0.3, -0.25) is 9.69 Å². The maximum Gasteiger partial charge on any atom is 0.320 e. The molecular weight excluding hydrogens is 222 g/mol. The molecule has 0 aliphatic carbocycles. The SMILES string of the molecule is CSc1ccccc1CN(C)C(C)C(=O)O. The Hall–Kier alpha value is -1.00. The number of carboxylic acid groups (broad SMARTS) is 1. The highest BCUT2D eigenvalue weighted by Crippen LogP contribution is 2.21. The van der Waals surface area contributed by atoms with Crippen molar-refractivity contribution < 1.29 is 9.90 Å². The summed E-state index contributed by atoms with van der Waals surface area (Å²) in [7, 11) is 1.83. The lowest BCUT2D eigenvalue weighted by atomic mass is 10.2. The zero-order valence-electron chi connectivity index (χ0n) is 9.80. The first-order valence-electron chi connectivity index (χ1n) is 5.11. The molecule has 0 spiro atoms. The number of benzene rings is 1. The van der Waals surface area contributed by atoms with Gasteiger partial charge in [-0.25, -0.2) is 0 Å². The van der Waals surface area contributed by atoms with E-state index >= 15 is 0 Å². The maximum atomic E-state index is 10.8. The Morgan fingerprint density at radius 3 is 2.69 bits per heavy atom. The fourth-order valence-electron chi connectivity index (χ4n) is 1.43. The number of likely N-dealkylation sites (N-methyl/N-ethyl adjacent to an activating group) is 1. The van der Waals surface area contributed by atoms with Crippen LogP contribution >= 0.6 is 11.8 Å². The fraction of sp³-hybridized carbons (Fsp3) is 0.417. The molecular formula is C12H17NO2S. The van der Waals surface area contributed by atoms with Gasteiger partial charge < -0.3 is 5.11 Å². The third-order valence-electron chi connectivity index (χ3n) is 2.63. The smallest absolute Gasteiger partial charge is 0.320 e. The Labute approximate surface area is 100 Å². The van der Waals surface area contributed by atoms with Crippen molar-refractivity contribution in [2.45, 2.75) is 24.4 Å². The molecule has 1 aromatic carbocycles. The molecule has 1 aromatic rings. The molecule has 0 saturated carbocycles. The largest absolute Gasteiger partial charge is 0.480 e. The van der Waals surface area contributed by atoms with E-state index in [2.05, 4.69) is 6.07 Å². The van der Waals surface area contributed by atoms with Crippen LogP contribution in [0.4, 0.5) is 0 Å². The number of aliphatic carboxylic acids is 1. The van der Waals surface area contributed by atoms with E-state index in [4.69, 9.17) is 5.11 Å². The lowest BCUT2D eigenvalue weighted by Gasteiger charge is -2.22. The number of carbonyl (C=O) groups is 1. The average Bonchev–Trinajstić information content (AvgIpc) is 2.28. The summed E-state index contributed by atoms with van der Waals surface area (Å²) in [6.07, 6.45) is 2.03. The molecule has 88 valence electrons. The predicted octanol–water partition coefficient (Wildman–Crippen LogP) is 2.31. The van der Waals surface area contributed by atoms with Gasteiger partial charge >= 0.3 is 5.97 Å². The molecule has 1 unspecified atom stereocenters. The lowest BCUT2D eigenvalue weighted by Crippen LogP contribution is -2.35. The van der Waals surface area contributed by atoms with E-state index in [-0.39, 0.29) is 0 Å². The molecule has 1 rings (SSSR count). The molecule has 0 heterocycles. The van der Waals surface area contributed by atoms with Crippen LogP contribution in [-0.2, 0) is 11.3 Å². The van der Waals surface area contributed by atoms with Crippen LogP contribution in [0, 0.1) is 0 Å². The van der Waals surface area contributed by atoms with Crippen LogP contribution in [0.5, 0.6) is 0 Å². The van der Waals surface area contributed by atoms with Crippen LogP contribution in [0.15, 0.2) is 29.2 Å². The third kappa shape index (κ3) is 3.25. The van der Waals surface area contributed by atoms with Gasteiger partial charge in [0.1, 0.15) is 6.04 Å². The number of thioether (sulfide) groups is 1. The number of hydrogen-bond acceptors (Lipinski definition) is 3. The average molecular weight is 239 g/mol.